The third-order valence-corrected chi connectivity index (χ3v) is 3.67. The fourth-order valence-electron chi connectivity index (χ4n) is 2.44. The van der Waals surface area contributed by atoms with Crippen molar-refractivity contribution >= 4 is 11.9 Å². The van der Waals surface area contributed by atoms with Crippen LogP contribution in [0, 0.1) is 11.7 Å². The minimum absolute atomic E-state index is 0.0108. The molecule has 0 radical (unpaired) electrons. The summed E-state index contributed by atoms with van der Waals surface area (Å²) in [6, 6.07) is 4.90. The molecule has 1 fully saturated rings. The van der Waals surface area contributed by atoms with Gasteiger partial charge in [-0.1, -0.05) is 19.9 Å². The number of carbonyl (C=O) groups excluding carboxylic acids is 2. The van der Waals surface area contributed by atoms with Crippen LogP contribution < -0.4 is 5.32 Å². The lowest BCUT2D eigenvalue weighted by molar-refractivity contribution is -0.128. The summed E-state index contributed by atoms with van der Waals surface area (Å²) in [7, 11) is 0. The van der Waals surface area contributed by atoms with Crippen LogP contribution in [0.5, 0.6) is 0 Å². The van der Waals surface area contributed by atoms with E-state index in [1.807, 2.05) is 13.8 Å². The van der Waals surface area contributed by atoms with Crippen LogP contribution in [0.2, 0.25) is 0 Å². The van der Waals surface area contributed by atoms with Crippen molar-refractivity contribution in [2.24, 2.45) is 5.92 Å². The minimum atomic E-state index is -0.517. The van der Waals surface area contributed by atoms with Gasteiger partial charge in [0.15, 0.2) is 0 Å². The zero-order valence-corrected chi connectivity index (χ0v) is 12.7. The van der Waals surface area contributed by atoms with E-state index in [-0.39, 0.29) is 24.3 Å². The molecule has 0 unspecified atom stereocenters. The molecule has 0 aliphatic carbocycles. The van der Waals surface area contributed by atoms with Crippen LogP contribution in [-0.2, 0) is 11.3 Å². The third-order valence-electron chi connectivity index (χ3n) is 3.67. The average molecular weight is 317 g/mol. The fraction of sp³-hybridized carbons (Fsp3) is 0.312. The Labute approximate surface area is 132 Å². The van der Waals surface area contributed by atoms with E-state index in [0.29, 0.717) is 11.3 Å². The number of urea groups is 1. The van der Waals surface area contributed by atoms with E-state index in [1.165, 1.54) is 18.4 Å². The number of aromatic nitrogens is 1. The predicted octanol–water partition coefficient (Wildman–Crippen LogP) is 2.56. The molecule has 1 aromatic carbocycles. The van der Waals surface area contributed by atoms with Crippen LogP contribution in [0.25, 0.3) is 11.5 Å². The molecular weight excluding hydrogens is 301 g/mol. The number of carbonyl (C=O) groups is 2. The number of imide groups is 1. The molecule has 1 atom stereocenters. The van der Waals surface area contributed by atoms with Gasteiger partial charge in [-0.15, -0.1) is 0 Å². The molecule has 2 aromatic rings. The van der Waals surface area contributed by atoms with Crippen LogP contribution in [0.3, 0.4) is 0 Å². The maximum atomic E-state index is 13.2. The number of halogens is 1. The number of benzene rings is 1. The van der Waals surface area contributed by atoms with Gasteiger partial charge in [0.1, 0.15) is 18.1 Å². The lowest BCUT2D eigenvalue weighted by Crippen LogP contribution is -2.34. The largest absolute Gasteiger partial charge is 0.444 e. The molecule has 0 bridgehead atoms. The van der Waals surface area contributed by atoms with E-state index in [1.54, 1.807) is 12.1 Å². The topological polar surface area (TPSA) is 75.4 Å². The molecule has 1 aliphatic rings. The number of oxazole rings is 1. The average Bonchev–Trinajstić information content (AvgIpc) is 3.07. The van der Waals surface area contributed by atoms with Gasteiger partial charge in [-0.3, -0.25) is 9.69 Å². The number of hydrogen-bond acceptors (Lipinski definition) is 4. The van der Waals surface area contributed by atoms with Crippen molar-refractivity contribution in [2.75, 3.05) is 0 Å². The molecule has 1 N–H and O–H groups in total. The third kappa shape index (κ3) is 2.94. The number of amides is 3. The first-order chi connectivity index (χ1) is 11.0. The fourth-order valence-corrected chi connectivity index (χ4v) is 2.44. The summed E-state index contributed by atoms with van der Waals surface area (Å²) < 4.78 is 18.5. The van der Waals surface area contributed by atoms with Gasteiger partial charge in [-0.05, 0) is 24.1 Å². The normalized spacial score (nSPS) is 17.9. The zero-order valence-electron chi connectivity index (χ0n) is 12.7. The number of nitrogens with zero attached hydrogens (tertiary/aromatic N) is 2. The quantitative estimate of drug-likeness (QED) is 0.879. The van der Waals surface area contributed by atoms with Crippen molar-refractivity contribution in [3.05, 3.63) is 42.0 Å². The highest BCUT2D eigenvalue weighted by Crippen LogP contribution is 2.21. The second-order valence-corrected chi connectivity index (χ2v) is 5.75. The maximum Gasteiger partial charge on any atom is 0.325 e. The molecule has 23 heavy (non-hydrogen) atoms. The summed E-state index contributed by atoms with van der Waals surface area (Å²) in [5, 5.41) is 2.65. The van der Waals surface area contributed by atoms with Crippen molar-refractivity contribution in [1.82, 2.24) is 15.2 Å². The van der Waals surface area contributed by atoms with Crippen LogP contribution >= 0.6 is 0 Å². The molecular formula is C16H16FN3O3. The molecule has 7 heteroatoms. The smallest absolute Gasteiger partial charge is 0.325 e. The Morgan fingerprint density at radius 1 is 1.39 bits per heavy atom. The molecule has 2 heterocycles. The van der Waals surface area contributed by atoms with Gasteiger partial charge in [-0.2, -0.15) is 0 Å². The standard InChI is InChI=1S/C16H16FN3O3/c1-9(2)13-15(21)20(16(22)19-13)7-12-8-23-14(18-12)10-4-3-5-11(17)6-10/h3-6,8-9,13H,7H2,1-2H3,(H,19,22)/t13-/m0/s1. The minimum Gasteiger partial charge on any atom is -0.444 e. The predicted molar refractivity (Wildman–Crippen MR) is 79.6 cm³/mol. The molecule has 1 aliphatic heterocycles. The van der Waals surface area contributed by atoms with Gasteiger partial charge < -0.3 is 9.73 Å². The first-order valence-corrected chi connectivity index (χ1v) is 7.28. The molecule has 0 spiro atoms. The Morgan fingerprint density at radius 3 is 2.83 bits per heavy atom. The van der Waals surface area contributed by atoms with Crippen LogP contribution in [0.4, 0.5) is 9.18 Å². The van der Waals surface area contributed by atoms with Crippen molar-refractivity contribution in [3.8, 4) is 11.5 Å². The number of hydrogen-bond donors (Lipinski definition) is 1. The van der Waals surface area contributed by atoms with Gasteiger partial charge in [0.2, 0.25) is 5.89 Å². The SMILES string of the molecule is CC(C)[C@@H]1NC(=O)N(Cc2coc(-c3cccc(F)c3)n2)C1=O. The molecule has 0 saturated carbocycles. The molecule has 6 nitrogen and oxygen atoms in total. The van der Waals surface area contributed by atoms with Gasteiger partial charge >= 0.3 is 6.03 Å². The Morgan fingerprint density at radius 2 is 2.17 bits per heavy atom. The molecule has 1 aromatic heterocycles. The van der Waals surface area contributed by atoms with Crippen molar-refractivity contribution in [1.29, 1.82) is 0 Å². The second-order valence-electron chi connectivity index (χ2n) is 5.75. The second kappa shape index (κ2) is 5.83. The summed E-state index contributed by atoms with van der Waals surface area (Å²) >= 11 is 0. The van der Waals surface area contributed by atoms with E-state index in [0.717, 1.165) is 4.90 Å². The number of rotatable bonds is 4. The Bertz CT molecular complexity index is 757. The van der Waals surface area contributed by atoms with E-state index in [9.17, 15) is 14.0 Å². The summed E-state index contributed by atoms with van der Waals surface area (Å²) in [5.41, 5.74) is 0.922. The van der Waals surface area contributed by atoms with Crippen molar-refractivity contribution in [3.63, 3.8) is 0 Å². The summed E-state index contributed by atoms with van der Waals surface area (Å²) in [5.74, 6) is -0.417. The first kappa shape index (κ1) is 15.2. The Balaban J connectivity index is 1.77. The summed E-state index contributed by atoms with van der Waals surface area (Å²) in [4.78, 5) is 29.5. The maximum absolute atomic E-state index is 13.2. The summed E-state index contributed by atoms with van der Waals surface area (Å²) in [6.07, 6.45) is 1.36. The molecule has 3 rings (SSSR count). The number of nitrogens with one attached hydrogen (secondary N) is 1. The van der Waals surface area contributed by atoms with E-state index >= 15 is 0 Å². The van der Waals surface area contributed by atoms with Gasteiger partial charge in [0.05, 0.1) is 12.2 Å². The lowest BCUT2D eigenvalue weighted by atomic mass is 10.1. The van der Waals surface area contributed by atoms with Gasteiger partial charge in [-0.25, -0.2) is 14.2 Å². The van der Waals surface area contributed by atoms with E-state index in [4.69, 9.17) is 4.42 Å². The van der Waals surface area contributed by atoms with Crippen LogP contribution in [0.15, 0.2) is 34.9 Å². The van der Waals surface area contributed by atoms with Gasteiger partial charge in [0, 0.05) is 5.56 Å². The molecule has 3 amide bonds. The summed E-state index contributed by atoms with van der Waals surface area (Å²) in [6.45, 7) is 3.75. The van der Waals surface area contributed by atoms with Gasteiger partial charge in [0.25, 0.3) is 5.91 Å². The highest BCUT2D eigenvalue weighted by molar-refractivity contribution is 6.04. The van der Waals surface area contributed by atoms with Crippen molar-refractivity contribution < 1.29 is 18.4 Å². The molecule has 1 saturated heterocycles. The Kier molecular flexibility index (Phi) is 3.85. The van der Waals surface area contributed by atoms with Crippen LogP contribution in [0.1, 0.15) is 19.5 Å². The highest BCUT2D eigenvalue weighted by atomic mass is 19.1. The molecule has 120 valence electrons. The monoisotopic (exact) mass is 317 g/mol. The lowest BCUT2D eigenvalue weighted by Gasteiger charge is -2.12. The van der Waals surface area contributed by atoms with E-state index in [2.05, 4.69) is 10.3 Å². The highest BCUT2D eigenvalue weighted by Gasteiger charge is 2.39. The van der Waals surface area contributed by atoms with Crippen LogP contribution in [-0.4, -0.2) is 27.9 Å². The van der Waals surface area contributed by atoms with Crippen molar-refractivity contribution in [2.45, 2.75) is 26.4 Å². The first-order valence-electron chi connectivity index (χ1n) is 7.28. The Hall–Kier alpha value is -2.70. The zero-order chi connectivity index (χ0) is 16.6. The van der Waals surface area contributed by atoms with E-state index < -0.39 is 17.9 Å².